The molecule has 1 aliphatic rings. The van der Waals surface area contributed by atoms with E-state index in [0.717, 1.165) is 13.0 Å². The molecule has 9 heavy (non-hydrogen) atoms. The molecular weight excluding hydrogens is 136 g/mol. The first-order valence-electron chi connectivity index (χ1n) is 3.13. The third-order valence-corrected chi connectivity index (χ3v) is 2.10. The lowest BCUT2D eigenvalue weighted by Gasteiger charge is -2.11. The molecular formula is C6H12O2S. The van der Waals surface area contributed by atoms with Gasteiger partial charge in [0.05, 0.1) is 12.7 Å². The van der Waals surface area contributed by atoms with Gasteiger partial charge in [-0.15, -0.1) is 0 Å². The minimum absolute atomic E-state index is 0.221. The van der Waals surface area contributed by atoms with Gasteiger partial charge in [0.2, 0.25) is 0 Å². The lowest BCUT2D eigenvalue weighted by atomic mass is 10.2. The van der Waals surface area contributed by atoms with Gasteiger partial charge in [0.15, 0.2) is 0 Å². The topological polar surface area (TPSA) is 18.5 Å². The fourth-order valence-corrected chi connectivity index (χ4v) is 1.24. The Hall–Kier alpha value is 0.270. The molecule has 0 bridgehead atoms. The minimum atomic E-state index is 0.221. The van der Waals surface area contributed by atoms with Crippen LogP contribution < -0.4 is 0 Å². The predicted octanol–water partition coefficient (Wildman–Crippen LogP) is 0.720. The van der Waals surface area contributed by atoms with E-state index in [4.69, 9.17) is 9.47 Å². The molecule has 0 N–H and O–H groups in total. The van der Waals surface area contributed by atoms with Crippen molar-refractivity contribution in [1.82, 2.24) is 0 Å². The Morgan fingerprint density at radius 1 is 1.78 bits per heavy atom. The zero-order chi connectivity index (χ0) is 6.69. The molecule has 0 aromatic rings. The summed E-state index contributed by atoms with van der Waals surface area (Å²) in [5.41, 5.74) is 0. The molecule has 0 radical (unpaired) electrons. The zero-order valence-corrected chi connectivity index (χ0v) is 6.43. The molecule has 1 fully saturated rings. The molecule has 0 spiro atoms. The normalized spacial score (nSPS) is 35.3. The van der Waals surface area contributed by atoms with E-state index in [1.807, 2.05) is 0 Å². The van der Waals surface area contributed by atoms with Crippen molar-refractivity contribution >= 4 is 12.6 Å². The van der Waals surface area contributed by atoms with Gasteiger partial charge in [-0.1, -0.05) is 0 Å². The van der Waals surface area contributed by atoms with Crippen LogP contribution in [0.25, 0.3) is 0 Å². The van der Waals surface area contributed by atoms with Crippen LogP contribution in [0, 0.1) is 0 Å². The van der Waals surface area contributed by atoms with Crippen molar-refractivity contribution < 1.29 is 9.47 Å². The van der Waals surface area contributed by atoms with Crippen molar-refractivity contribution in [3.05, 3.63) is 0 Å². The number of ether oxygens (including phenoxy) is 2. The highest BCUT2D eigenvalue weighted by molar-refractivity contribution is 7.81. The van der Waals surface area contributed by atoms with Gasteiger partial charge in [-0.2, -0.15) is 12.6 Å². The Bertz CT molecular complexity index is 87.1. The Kier molecular flexibility index (Phi) is 2.82. The fraction of sp³-hybridized carbons (Fsp3) is 1.00. The van der Waals surface area contributed by atoms with Crippen molar-refractivity contribution in [2.75, 3.05) is 20.3 Å². The maximum atomic E-state index is 5.30. The van der Waals surface area contributed by atoms with E-state index in [1.165, 1.54) is 0 Å². The zero-order valence-electron chi connectivity index (χ0n) is 5.54. The summed E-state index contributed by atoms with van der Waals surface area (Å²) in [5, 5.41) is 0.380. The minimum Gasteiger partial charge on any atom is -0.382 e. The van der Waals surface area contributed by atoms with Gasteiger partial charge in [0.1, 0.15) is 0 Å². The molecule has 1 heterocycles. The lowest BCUT2D eigenvalue weighted by molar-refractivity contribution is 0.0400. The predicted molar refractivity (Wildman–Crippen MR) is 39.0 cm³/mol. The van der Waals surface area contributed by atoms with Crippen molar-refractivity contribution in [2.45, 2.75) is 17.8 Å². The van der Waals surface area contributed by atoms with E-state index in [1.54, 1.807) is 7.11 Å². The van der Waals surface area contributed by atoms with Crippen LogP contribution in [0.2, 0.25) is 0 Å². The molecule has 1 aliphatic heterocycles. The van der Waals surface area contributed by atoms with Gasteiger partial charge >= 0.3 is 0 Å². The summed E-state index contributed by atoms with van der Waals surface area (Å²) in [6.07, 6.45) is 1.27. The van der Waals surface area contributed by atoms with Crippen LogP contribution >= 0.6 is 12.6 Å². The van der Waals surface area contributed by atoms with Crippen molar-refractivity contribution in [3.8, 4) is 0 Å². The van der Waals surface area contributed by atoms with Gasteiger partial charge in [-0.25, -0.2) is 0 Å². The van der Waals surface area contributed by atoms with Gasteiger partial charge in [0.25, 0.3) is 0 Å². The van der Waals surface area contributed by atoms with Gasteiger partial charge in [-0.05, 0) is 6.42 Å². The Labute approximate surface area is 60.9 Å². The van der Waals surface area contributed by atoms with Gasteiger partial charge < -0.3 is 9.47 Å². The monoisotopic (exact) mass is 148 g/mol. The first-order chi connectivity index (χ1) is 4.34. The van der Waals surface area contributed by atoms with Gasteiger partial charge in [0, 0.05) is 19.0 Å². The molecule has 0 amide bonds. The smallest absolute Gasteiger partial charge is 0.0924 e. The number of hydrogen-bond donors (Lipinski definition) is 1. The highest BCUT2D eigenvalue weighted by Crippen LogP contribution is 2.18. The summed E-state index contributed by atoms with van der Waals surface area (Å²) in [7, 11) is 1.68. The molecule has 1 saturated heterocycles. The Morgan fingerprint density at radius 2 is 2.56 bits per heavy atom. The highest BCUT2D eigenvalue weighted by Gasteiger charge is 2.24. The molecule has 0 aromatic carbocycles. The summed E-state index contributed by atoms with van der Waals surface area (Å²) in [5.74, 6) is 0. The average molecular weight is 148 g/mol. The third-order valence-electron chi connectivity index (χ3n) is 1.51. The first kappa shape index (κ1) is 7.38. The first-order valence-corrected chi connectivity index (χ1v) is 3.65. The van der Waals surface area contributed by atoms with Crippen LogP contribution in [0.15, 0.2) is 0 Å². The van der Waals surface area contributed by atoms with Crippen LogP contribution in [0.4, 0.5) is 0 Å². The third kappa shape index (κ3) is 1.85. The van der Waals surface area contributed by atoms with Crippen LogP contribution in [0.1, 0.15) is 6.42 Å². The van der Waals surface area contributed by atoms with Crippen molar-refractivity contribution in [3.63, 3.8) is 0 Å². The standard InChI is InChI=1S/C6H12O2S/c1-7-4-5-6(9)2-3-8-5/h5-6,9H,2-4H2,1H3. The molecule has 1 rings (SSSR count). The number of methoxy groups -OCH3 is 1. The van der Waals surface area contributed by atoms with E-state index in [2.05, 4.69) is 12.6 Å². The summed E-state index contributed by atoms with van der Waals surface area (Å²) in [6.45, 7) is 1.51. The number of rotatable bonds is 2. The van der Waals surface area contributed by atoms with Crippen LogP contribution in [0.5, 0.6) is 0 Å². The SMILES string of the molecule is COCC1OCCC1S. The molecule has 0 saturated carbocycles. The molecule has 54 valence electrons. The molecule has 2 unspecified atom stereocenters. The second-order valence-electron chi connectivity index (χ2n) is 2.22. The molecule has 2 atom stereocenters. The Balaban J connectivity index is 2.22. The number of hydrogen-bond acceptors (Lipinski definition) is 3. The fourth-order valence-electron chi connectivity index (χ4n) is 0.961. The van der Waals surface area contributed by atoms with E-state index >= 15 is 0 Å². The maximum Gasteiger partial charge on any atom is 0.0924 e. The molecule has 0 aliphatic carbocycles. The van der Waals surface area contributed by atoms with E-state index < -0.39 is 0 Å². The second-order valence-corrected chi connectivity index (χ2v) is 2.88. The Morgan fingerprint density at radius 3 is 3.00 bits per heavy atom. The molecule has 0 aromatic heterocycles. The van der Waals surface area contributed by atoms with E-state index in [9.17, 15) is 0 Å². The van der Waals surface area contributed by atoms with Crippen molar-refractivity contribution in [2.24, 2.45) is 0 Å². The van der Waals surface area contributed by atoms with Crippen LogP contribution in [0.3, 0.4) is 0 Å². The summed E-state index contributed by atoms with van der Waals surface area (Å²) in [6, 6.07) is 0. The van der Waals surface area contributed by atoms with E-state index in [-0.39, 0.29) is 6.10 Å². The van der Waals surface area contributed by atoms with E-state index in [0.29, 0.717) is 11.9 Å². The average Bonchev–Trinajstić information content (AvgIpc) is 2.18. The quantitative estimate of drug-likeness (QED) is 0.582. The number of thiol groups is 1. The highest BCUT2D eigenvalue weighted by atomic mass is 32.1. The lowest BCUT2D eigenvalue weighted by Crippen LogP contribution is -2.21. The molecule has 3 heteroatoms. The second kappa shape index (κ2) is 3.44. The summed E-state index contributed by atoms with van der Waals surface area (Å²) < 4.78 is 10.2. The summed E-state index contributed by atoms with van der Waals surface area (Å²) in [4.78, 5) is 0. The molecule has 2 nitrogen and oxygen atoms in total. The summed E-state index contributed by atoms with van der Waals surface area (Å²) >= 11 is 4.32. The largest absolute Gasteiger partial charge is 0.382 e. The van der Waals surface area contributed by atoms with Crippen LogP contribution in [-0.4, -0.2) is 31.7 Å². The van der Waals surface area contributed by atoms with Gasteiger partial charge in [-0.3, -0.25) is 0 Å². The van der Waals surface area contributed by atoms with Crippen molar-refractivity contribution in [1.29, 1.82) is 0 Å². The maximum absolute atomic E-state index is 5.30. The van der Waals surface area contributed by atoms with Crippen LogP contribution in [-0.2, 0) is 9.47 Å².